The molecule has 0 amide bonds. The van der Waals surface area contributed by atoms with Gasteiger partial charge in [0.2, 0.25) is 0 Å². The second-order valence-electron chi connectivity index (χ2n) is 5.35. The normalized spacial score (nSPS) is 24.7. The van der Waals surface area contributed by atoms with Crippen LogP contribution in [0.3, 0.4) is 0 Å². The molecule has 0 bridgehead atoms. The minimum absolute atomic E-state index is 0.340. The van der Waals surface area contributed by atoms with E-state index in [0.717, 1.165) is 45.5 Å². The third-order valence-corrected chi connectivity index (χ3v) is 3.52. The van der Waals surface area contributed by atoms with Gasteiger partial charge in [0.15, 0.2) is 0 Å². The molecule has 106 valence electrons. The van der Waals surface area contributed by atoms with E-state index in [1.807, 2.05) is 6.92 Å². The van der Waals surface area contributed by atoms with Crippen LogP contribution in [-0.2, 0) is 9.53 Å². The number of nitrogens with zero attached hydrogens (tertiary/aromatic N) is 1. The molecule has 0 radical (unpaired) electrons. The lowest BCUT2D eigenvalue weighted by molar-refractivity contribution is -0.143. The molecular weight excluding hydrogens is 232 g/mol. The Kier molecular flexibility index (Phi) is 6.05. The van der Waals surface area contributed by atoms with Gasteiger partial charge in [0.1, 0.15) is 5.54 Å². The van der Waals surface area contributed by atoms with Gasteiger partial charge in [-0.2, -0.15) is 0 Å². The van der Waals surface area contributed by atoms with Gasteiger partial charge in [0, 0.05) is 13.2 Å². The number of aliphatic carboxylic acids is 1. The summed E-state index contributed by atoms with van der Waals surface area (Å²) in [4.78, 5) is 13.2. The Morgan fingerprint density at radius 3 is 2.94 bits per heavy atom. The lowest BCUT2D eigenvalue weighted by Crippen LogP contribution is -2.46. The van der Waals surface area contributed by atoms with Crippen LogP contribution < -0.4 is 5.73 Å². The van der Waals surface area contributed by atoms with Gasteiger partial charge in [-0.25, -0.2) is 0 Å². The summed E-state index contributed by atoms with van der Waals surface area (Å²) in [5.41, 5.74) is 4.61. The molecule has 1 rings (SSSR count). The highest BCUT2D eigenvalue weighted by Crippen LogP contribution is 2.15. The summed E-state index contributed by atoms with van der Waals surface area (Å²) < 4.78 is 5.64. The Bertz CT molecular complexity index is 267. The number of ether oxygens (including phenoxy) is 1. The zero-order chi connectivity index (χ0) is 13.6. The summed E-state index contributed by atoms with van der Waals surface area (Å²) in [5.74, 6) is -0.923. The summed E-state index contributed by atoms with van der Waals surface area (Å²) in [6.07, 6.45) is 3.96. The third kappa shape index (κ3) is 4.92. The molecular formula is C13H26N2O3. The maximum atomic E-state index is 10.9. The summed E-state index contributed by atoms with van der Waals surface area (Å²) in [6.45, 7) is 7.31. The highest BCUT2D eigenvalue weighted by atomic mass is 16.5. The topological polar surface area (TPSA) is 75.8 Å². The van der Waals surface area contributed by atoms with E-state index in [-0.39, 0.29) is 0 Å². The summed E-state index contributed by atoms with van der Waals surface area (Å²) in [5, 5.41) is 8.93. The number of hydrogen-bond donors (Lipinski definition) is 2. The van der Waals surface area contributed by atoms with E-state index < -0.39 is 11.5 Å². The number of carboxylic acid groups (broad SMARTS) is 1. The first-order valence-corrected chi connectivity index (χ1v) is 6.82. The Morgan fingerprint density at radius 2 is 2.33 bits per heavy atom. The van der Waals surface area contributed by atoms with E-state index in [9.17, 15) is 4.79 Å². The highest BCUT2D eigenvalue weighted by molar-refractivity contribution is 5.77. The van der Waals surface area contributed by atoms with Gasteiger partial charge in [-0.3, -0.25) is 4.79 Å². The monoisotopic (exact) mass is 258 g/mol. The smallest absolute Gasteiger partial charge is 0.323 e. The summed E-state index contributed by atoms with van der Waals surface area (Å²) >= 11 is 0. The second kappa shape index (κ2) is 7.07. The first-order chi connectivity index (χ1) is 8.45. The molecule has 18 heavy (non-hydrogen) atoms. The van der Waals surface area contributed by atoms with Gasteiger partial charge in [-0.1, -0.05) is 0 Å². The Balaban J connectivity index is 2.25. The number of nitrogens with two attached hydrogens (primary N) is 1. The van der Waals surface area contributed by atoms with Crippen molar-refractivity contribution in [2.24, 2.45) is 5.73 Å². The molecule has 1 aliphatic rings. The Labute approximate surface area is 109 Å². The Morgan fingerprint density at radius 1 is 1.61 bits per heavy atom. The molecule has 3 N–H and O–H groups in total. The van der Waals surface area contributed by atoms with Gasteiger partial charge in [0.05, 0.1) is 6.10 Å². The van der Waals surface area contributed by atoms with Crippen LogP contribution in [0.2, 0.25) is 0 Å². The minimum Gasteiger partial charge on any atom is -0.480 e. The zero-order valence-electron chi connectivity index (χ0n) is 11.5. The van der Waals surface area contributed by atoms with Crippen LogP contribution in [0.25, 0.3) is 0 Å². The predicted octanol–water partition coefficient (Wildman–Crippen LogP) is 1.07. The van der Waals surface area contributed by atoms with Gasteiger partial charge in [-0.05, 0) is 52.6 Å². The number of likely N-dealkylation sites (tertiary alicyclic amines) is 1. The molecule has 0 aromatic rings. The molecule has 0 aromatic heterocycles. The van der Waals surface area contributed by atoms with E-state index in [0.29, 0.717) is 12.5 Å². The van der Waals surface area contributed by atoms with Crippen LogP contribution in [0.1, 0.15) is 39.5 Å². The largest absolute Gasteiger partial charge is 0.480 e. The first-order valence-electron chi connectivity index (χ1n) is 6.82. The first kappa shape index (κ1) is 15.4. The van der Waals surface area contributed by atoms with Crippen LogP contribution in [0, 0.1) is 0 Å². The van der Waals surface area contributed by atoms with Crippen LogP contribution in [0.5, 0.6) is 0 Å². The molecule has 0 aliphatic carbocycles. The molecule has 1 aliphatic heterocycles. The molecule has 1 saturated heterocycles. The Hall–Kier alpha value is -0.650. The second-order valence-corrected chi connectivity index (χ2v) is 5.35. The average molecular weight is 258 g/mol. The summed E-state index contributed by atoms with van der Waals surface area (Å²) in [7, 11) is 0. The van der Waals surface area contributed by atoms with Crippen molar-refractivity contribution in [1.82, 2.24) is 4.90 Å². The fraction of sp³-hybridized carbons (Fsp3) is 0.923. The maximum absolute atomic E-state index is 10.9. The quantitative estimate of drug-likeness (QED) is 0.714. The minimum atomic E-state index is -1.10. The highest BCUT2D eigenvalue weighted by Gasteiger charge is 2.27. The van der Waals surface area contributed by atoms with E-state index in [4.69, 9.17) is 15.6 Å². The van der Waals surface area contributed by atoms with Crippen molar-refractivity contribution < 1.29 is 14.6 Å². The van der Waals surface area contributed by atoms with Gasteiger partial charge in [-0.15, -0.1) is 0 Å². The van der Waals surface area contributed by atoms with Gasteiger partial charge < -0.3 is 20.5 Å². The number of carbonyl (C=O) groups is 1. The number of carboxylic acids is 1. The summed E-state index contributed by atoms with van der Waals surface area (Å²) in [6, 6.07) is 0. The standard InChI is InChI=1S/C13H26N2O3/c1-3-18-11-6-4-8-15(10-11)9-5-7-13(2,14)12(16)17/h11H,3-10,14H2,1-2H3,(H,16,17). The fourth-order valence-corrected chi connectivity index (χ4v) is 2.36. The number of piperidine rings is 1. The van der Waals surface area contributed by atoms with Crippen molar-refractivity contribution in [3.05, 3.63) is 0 Å². The molecule has 1 fully saturated rings. The molecule has 0 spiro atoms. The maximum Gasteiger partial charge on any atom is 0.323 e. The SMILES string of the molecule is CCOC1CCCN(CCCC(C)(N)C(=O)O)C1. The van der Waals surface area contributed by atoms with Crippen molar-refractivity contribution in [1.29, 1.82) is 0 Å². The lowest BCUT2D eigenvalue weighted by atomic mass is 9.97. The van der Waals surface area contributed by atoms with Gasteiger partial charge >= 0.3 is 5.97 Å². The van der Waals surface area contributed by atoms with Crippen molar-refractivity contribution >= 4 is 5.97 Å². The van der Waals surface area contributed by atoms with E-state index in [1.165, 1.54) is 0 Å². The lowest BCUT2D eigenvalue weighted by Gasteiger charge is -2.33. The molecule has 5 nitrogen and oxygen atoms in total. The average Bonchev–Trinajstić information content (AvgIpc) is 2.29. The van der Waals surface area contributed by atoms with Crippen LogP contribution in [-0.4, -0.2) is 53.9 Å². The van der Waals surface area contributed by atoms with Crippen molar-refractivity contribution in [3.8, 4) is 0 Å². The van der Waals surface area contributed by atoms with E-state index in [2.05, 4.69) is 4.90 Å². The third-order valence-electron chi connectivity index (χ3n) is 3.52. The number of rotatable bonds is 7. The fourth-order valence-electron chi connectivity index (χ4n) is 2.36. The van der Waals surface area contributed by atoms with Crippen molar-refractivity contribution in [3.63, 3.8) is 0 Å². The molecule has 5 heteroatoms. The van der Waals surface area contributed by atoms with Crippen molar-refractivity contribution in [2.75, 3.05) is 26.2 Å². The van der Waals surface area contributed by atoms with E-state index >= 15 is 0 Å². The predicted molar refractivity (Wildman–Crippen MR) is 70.6 cm³/mol. The van der Waals surface area contributed by atoms with Crippen LogP contribution >= 0.6 is 0 Å². The van der Waals surface area contributed by atoms with Crippen molar-refractivity contribution in [2.45, 2.75) is 51.2 Å². The molecule has 1 heterocycles. The van der Waals surface area contributed by atoms with E-state index in [1.54, 1.807) is 6.92 Å². The molecule has 2 unspecified atom stereocenters. The van der Waals surface area contributed by atoms with Crippen LogP contribution in [0.15, 0.2) is 0 Å². The van der Waals surface area contributed by atoms with Gasteiger partial charge in [0.25, 0.3) is 0 Å². The molecule has 0 saturated carbocycles. The zero-order valence-corrected chi connectivity index (χ0v) is 11.5. The van der Waals surface area contributed by atoms with Crippen LogP contribution in [0.4, 0.5) is 0 Å². The molecule has 0 aromatic carbocycles. The molecule has 2 atom stereocenters. The number of hydrogen-bond acceptors (Lipinski definition) is 4.